The van der Waals surface area contributed by atoms with Crippen LogP contribution in [0.2, 0.25) is 0 Å². The number of hydrogen-bond acceptors (Lipinski definition) is 6. The van der Waals surface area contributed by atoms with E-state index in [1.807, 2.05) is 19.2 Å². The average molecular weight is 359 g/mol. The van der Waals surface area contributed by atoms with Crippen LogP contribution < -0.4 is 10.2 Å². The number of ether oxygens (including phenoxy) is 1. The van der Waals surface area contributed by atoms with Gasteiger partial charge >= 0.3 is 5.97 Å². The third kappa shape index (κ3) is 3.28. The van der Waals surface area contributed by atoms with Crippen molar-refractivity contribution in [3.05, 3.63) is 44.6 Å². The van der Waals surface area contributed by atoms with Crippen LogP contribution in [0.3, 0.4) is 0 Å². The van der Waals surface area contributed by atoms with Crippen molar-refractivity contribution < 1.29 is 19.1 Å². The molecule has 1 N–H and O–H groups in total. The number of carbonyl (C=O) groups is 1. The Labute approximate surface area is 147 Å². The van der Waals surface area contributed by atoms with Crippen LogP contribution in [-0.4, -0.2) is 22.2 Å². The lowest BCUT2D eigenvalue weighted by Crippen LogP contribution is -2.23. The van der Waals surface area contributed by atoms with Gasteiger partial charge in [-0.15, -0.1) is 11.3 Å². The van der Waals surface area contributed by atoms with Gasteiger partial charge < -0.3 is 14.3 Å². The van der Waals surface area contributed by atoms with Crippen molar-refractivity contribution >= 4 is 28.3 Å². The first-order valence-electron chi connectivity index (χ1n) is 7.81. The van der Waals surface area contributed by atoms with E-state index >= 15 is 0 Å². The van der Waals surface area contributed by atoms with E-state index in [9.17, 15) is 9.59 Å². The van der Waals surface area contributed by atoms with Crippen LogP contribution in [0.15, 0.2) is 33.0 Å². The van der Waals surface area contributed by atoms with E-state index in [2.05, 4.69) is 4.98 Å². The number of fused-ring (bicyclic) bond motifs is 1. The van der Waals surface area contributed by atoms with Gasteiger partial charge in [-0.2, -0.15) is 0 Å². The number of carboxylic acid groups (broad SMARTS) is 1. The molecule has 0 aliphatic rings. The number of benzene rings is 1. The number of carboxylic acids is 1. The summed E-state index contributed by atoms with van der Waals surface area (Å²) >= 11 is 1.47. The molecule has 25 heavy (non-hydrogen) atoms. The fourth-order valence-electron chi connectivity index (χ4n) is 2.49. The zero-order valence-corrected chi connectivity index (χ0v) is 14.8. The minimum Gasteiger partial charge on any atom is -0.479 e. The van der Waals surface area contributed by atoms with Crippen molar-refractivity contribution in [1.82, 2.24) is 4.98 Å². The quantitative estimate of drug-likeness (QED) is 0.748. The molecule has 6 nitrogen and oxygen atoms in total. The maximum Gasteiger partial charge on any atom is 0.344 e. The highest BCUT2D eigenvalue weighted by atomic mass is 32.1. The second-order valence-corrected chi connectivity index (χ2v) is 6.70. The largest absolute Gasteiger partial charge is 0.479 e. The Kier molecular flexibility index (Phi) is 4.59. The first kappa shape index (κ1) is 17.2. The van der Waals surface area contributed by atoms with Gasteiger partial charge in [-0.3, -0.25) is 4.79 Å². The third-order valence-electron chi connectivity index (χ3n) is 3.88. The zero-order chi connectivity index (χ0) is 18.1. The highest BCUT2D eigenvalue weighted by Crippen LogP contribution is 2.28. The molecule has 0 amide bonds. The van der Waals surface area contributed by atoms with Crippen molar-refractivity contribution in [1.29, 1.82) is 0 Å². The standard InChI is InChI=1S/C18H17NO5S/c1-4-11-5-12-16(6-15(11)24-9(2)18(21)22)23-7-13(17(12)20)14-8-25-10(3)19-14/h5-9H,4H2,1-3H3,(H,21,22)/t9-/m0/s1. The van der Waals surface area contributed by atoms with E-state index in [4.69, 9.17) is 14.3 Å². The van der Waals surface area contributed by atoms with Crippen molar-refractivity contribution in [3.63, 3.8) is 0 Å². The van der Waals surface area contributed by atoms with Crippen molar-refractivity contribution in [2.75, 3.05) is 0 Å². The lowest BCUT2D eigenvalue weighted by molar-refractivity contribution is -0.144. The molecule has 3 rings (SSSR count). The van der Waals surface area contributed by atoms with Crippen LogP contribution >= 0.6 is 11.3 Å². The van der Waals surface area contributed by atoms with Gasteiger partial charge in [0, 0.05) is 11.4 Å². The van der Waals surface area contributed by atoms with Gasteiger partial charge in [-0.05, 0) is 31.9 Å². The Hall–Kier alpha value is -2.67. The molecule has 1 aromatic carbocycles. The minimum atomic E-state index is -1.06. The highest BCUT2D eigenvalue weighted by molar-refractivity contribution is 7.09. The number of aliphatic carboxylic acids is 1. The molecule has 0 aliphatic heterocycles. The molecule has 0 bridgehead atoms. The van der Waals surface area contributed by atoms with E-state index < -0.39 is 12.1 Å². The molecule has 1 atom stereocenters. The summed E-state index contributed by atoms with van der Waals surface area (Å²) in [4.78, 5) is 28.2. The van der Waals surface area contributed by atoms with Crippen LogP contribution in [0, 0.1) is 6.92 Å². The van der Waals surface area contributed by atoms with Gasteiger partial charge in [-0.25, -0.2) is 9.78 Å². The summed E-state index contributed by atoms with van der Waals surface area (Å²) in [5.74, 6) is -0.650. The number of aryl methyl sites for hydroxylation is 2. The molecule has 130 valence electrons. The van der Waals surface area contributed by atoms with E-state index in [1.165, 1.54) is 24.5 Å². The van der Waals surface area contributed by atoms with Crippen LogP contribution in [0.4, 0.5) is 0 Å². The Morgan fingerprint density at radius 1 is 1.44 bits per heavy atom. The van der Waals surface area contributed by atoms with Gasteiger partial charge in [0.1, 0.15) is 17.6 Å². The molecule has 0 saturated carbocycles. The first-order chi connectivity index (χ1) is 11.9. The summed E-state index contributed by atoms with van der Waals surface area (Å²) < 4.78 is 11.1. The summed E-state index contributed by atoms with van der Waals surface area (Å²) in [6.45, 7) is 5.24. The molecule has 2 aromatic heterocycles. The molecule has 0 fully saturated rings. The second-order valence-electron chi connectivity index (χ2n) is 5.64. The van der Waals surface area contributed by atoms with Crippen LogP contribution in [-0.2, 0) is 11.2 Å². The summed E-state index contributed by atoms with van der Waals surface area (Å²) in [5.41, 5.74) is 1.94. The van der Waals surface area contributed by atoms with Crippen LogP contribution in [0.1, 0.15) is 24.4 Å². The Balaban J connectivity index is 2.13. The molecule has 0 aliphatic carbocycles. The lowest BCUT2D eigenvalue weighted by Gasteiger charge is -2.14. The topological polar surface area (TPSA) is 89.6 Å². The summed E-state index contributed by atoms with van der Waals surface area (Å²) in [6.07, 6.45) is 0.985. The Morgan fingerprint density at radius 3 is 2.80 bits per heavy atom. The highest BCUT2D eigenvalue weighted by Gasteiger charge is 2.18. The molecule has 0 radical (unpaired) electrons. The number of hydrogen-bond donors (Lipinski definition) is 1. The monoisotopic (exact) mass is 359 g/mol. The second kappa shape index (κ2) is 6.68. The van der Waals surface area contributed by atoms with E-state index in [1.54, 1.807) is 12.1 Å². The van der Waals surface area contributed by atoms with E-state index in [-0.39, 0.29) is 5.43 Å². The first-order valence-corrected chi connectivity index (χ1v) is 8.69. The van der Waals surface area contributed by atoms with Gasteiger partial charge in [-0.1, -0.05) is 6.92 Å². The molecule has 2 heterocycles. The van der Waals surface area contributed by atoms with E-state index in [0.717, 1.165) is 10.6 Å². The minimum absolute atomic E-state index is 0.168. The van der Waals surface area contributed by atoms with Crippen LogP contribution in [0.5, 0.6) is 5.75 Å². The number of thiazole rings is 1. The number of nitrogens with zero attached hydrogens (tertiary/aromatic N) is 1. The van der Waals surface area contributed by atoms with Gasteiger partial charge in [0.15, 0.2) is 6.10 Å². The fraction of sp³-hybridized carbons (Fsp3) is 0.278. The SMILES string of the molecule is CCc1cc2c(=O)c(-c3csc(C)n3)coc2cc1O[C@@H](C)C(=O)O. The molecular formula is C18H17NO5S. The normalized spacial score (nSPS) is 12.3. The summed E-state index contributed by atoms with van der Waals surface area (Å²) in [7, 11) is 0. The summed E-state index contributed by atoms with van der Waals surface area (Å²) in [5, 5.41) is 12.1. The molecular weight excluding hydrogens is 342 g/mol. The number of aromatic nitrogens is 1. The molecule has 0 unspecified atom stereocenters. The zero-order valence-electron chi connectivity index (χ0n) is 14.0. The van der Waals surface area contributed by atoms with Crippen molar-refractivity contribution in [3.8, 4) is 17.0 Å². The molecule has 7 heteroatoms. The van der Waals surface area contributed by atoms with E-state index in [0.29, 0.717) is 34.4 Å². The third-order valence-corrected chi connectivity index (χ3v) is 4.66. The Morgan fingerprint density at radius 2 is 2.20 bits per heavy atom. The maximum absolute atomic E-state index is 12.8. The molecule has 0 saturated heterocycles. The average Bonchev–Trinajstić information content (AvgIpc) is 3.00. The van der Waals surface area contributed by atoms with Crippen molar-refractivity contribution in [2.45, 2.75) is 33.3 Å². The van der Waals surface area contributed by atoms with Gasteiger partial charge in [0.05, 0.1) is 21.7 Å². The van der Waals surface area contributed by atoms with Crippen molar-refractivity contribution in [2.24, 2.45) is 0 Å². The summed E-state index contributed by atoms with van der Waals surface area (Å²) in [6, 6.07) is 3.28. The predicted molar refractivity (Wildman–Crippen MR) is 95.4 cm³/mol. The molecule has 0 spiro atoms. The maximum atomic E-state index is 12.8. The van der Waals surface area contributed by atoms with Crippen LogP contribution in [0.25, 0.3) is 22.2 Å². The number of rotatable bonds is 5. The predicted octanol–water partition coefficient (Wildman–Crippen LogP) is 3.64. The fourth-order valence-corrected chi connectivity index (χ4v) is 3.11. The smallest absolute Gasteiger partial charge is 0.344 e. The lowest BCUT2D eigenvalue weighted by atomic mass is 10.1. The van der Waals surface area contributed by atoms with Gasteiger partial charge in [0.25, 0.3) is 0 Å². The molecule has 3 aromatic rings. The van der Waals surface area contributed by atoms with Gasteiger partial charge in [0.2, 0.25) is 5.43 Å². The Bertz CT molecular complexity index is 1000.